The molecule has 0 aromatic rings. The van der Waals surface area contributed by atoms with Gasteiger partial charge in [-0.05, 0) is 57.3 Å². The molecule has 0 aromatic heterocycles. The Balaban J connectivity index is 1.89. The van der Waals surface area contributed by atoms with Gasteiger partial charge >= 0.3 is 5.97 Å². The van der Waals surface area contributed by atoms with E-state index in [9.17, 15) is 4.79 Å². The van der Waals surface area contributed by atoms with Gasteiger partial charge in [0.2, 0.25) is 0 Å². The van der Waals surface area contributed by atoms with E-state index in [2.05, 4.69) is 38.8 Å². The van der Waals surface area contributed by atoms with Gasteiger partial charge in [-0.2, -0.15) is 0 Å². The minimum absolute atomic E-state index is 0.0410. The van der Waals surface area contributed by atoms with Gasteiger partial charge in [0.05, 0.1) is 6.10 Å². The van der Waals surface area contributed by atoms with Crippen LogP contribution in [-0.2, 0) is 14.0 Å². The molecule has 2 atom stereocenters. The van der Waals surface area contributed by atoms with Crippen LogP contribution in [0.5, 0.6) is 0 Å². The van der Waals surface area contributed by atoms with Crippen LogP contribution in [0, 0.1) is 0 Å². The van der Waals surface area contributed by atoms with Crippen LogP contribution < -0.4 is 0 Å². The maximum Gasteiger partial charge on any atom is 0.323 e. The maximum atomic E-state index is 12.5. The van der Waals surface area contributed by atoms with E-state index in [0.717, 1.165) is 25.8 Å². The molecule has 134 valence electrons. The van der Waals surface area contributed by atoms with Gasteiger partial charge in [0.25, 0.3) is 0 Å². The molecule has 1 saturated heterocycles. The minimum Gasteiger partial charge on any atom is -0.461 e. The van der Waals surface area contributed by atoms with Crippen LogP contribution in [0.3, 0.4) is 0 Å². The lowest BCUT2D eigenvalue weighted by atomic mass is 9.98. The zero-order chi connectivity index (χ0) is 17.3. The van der Waals surface area contributed by atoms with E-state index in [1.807, 2.05) is 7.05 Å². The molecule has 4 nitrogen and oxygen atoms in total. The quantitative estimate of drug-likeness (QED) is 0.573. The van der Waals surface area contributed by atoms with Gasteiger partial charge < -0.3 is 9.16 Å². The summed E-state index contributed by atoms with van der Waals surface area (Å²) in [5, 5.41) is 0.201. The number of ether oxygens (including phenoxy) is 1. The minimum atomic E-state index is -1.79. The van der Waals surface area contributed by atoms with Gasteiger partial charge in [0.15, 0.2) is 8.32 Å². The Kier molecular flexibility index (Phi) is 5.96. The molecule has 1 heterocycles. The van der Waals surface area contributed by atoms with E-state index in [1.54, 1.807) is 0 Å². The zero-order valence-electron chi connectivity index (χ0n) is 15.9. The lowest BCUT2D eigenvalue weighted by molar-refractivity contribution is -0.155. The first kappa shape index (κ1) is 18.9. The highest BCUT2D eigenvalue weighted by Crippen LogP contribution is 2.38. The number of hydrogen-bond donors (Lipinski definition) is 0. The lowest BCUT2D eigenvalue weighted by Crippen LogP contribution is -2.44. The van der Waals surface area contributed by atoms with Gasteiger partial charge in [0, 0.05) is 6.54 Å². The molecule has 0 N–H and O–H groups in total. The summed E-state index contributed by atoms with van der Waals surface area (Å²) in [5.74, 6) is -0.0410. The van der Waals surface area contributed by atoms with Gasteiger partial charge in [-0.25, -0.2) is 0 Å². The Morgan fingerprint density at radius 2 is 1.70 bits per heavy atom. The van der Waals surface area contributed by atoms with Crippen molar-refractivity contribution in [2.45, 2.75) is 95.7 Å². The summed E-state index contributed by atoms with van der Waals surface area (Å²) in [4.78, 5) is 14.6. The van der Waals surface area contributed by atoms with E-state index in [0.29, 0.717) is 0 Å². The summed E-state index contributed by atoms with van der Waals surface area (Å²) in [6.07, 6.45) is 6.80. The SMILES string of the molecule is CN1C[C@H](O[Si](C)(C)C(C)(C)C)C[C@H]1C(=O)OC1CCCCC1. The highest BCUT2D eigenvalue weighted by atomic mass is 28.4. The molecule has 0 amide bonds. The fourth-order valence-corrected chi connectivity index (χ4v) is 4.69. The van der Waals surface area contributed by atoms with Crippen LogP contribution in [0.15, 0.2) is 0 Å². The van der Waals surface area contributed by atoms with Crippen molar-refractivity contribution in [2.24, 2.45) is 0 Å². The van der Waals surface area contributed by atoms with Crippen molar-refractivity contribution in [3.05, 3.63) is 0 Å². The lowest BCUT2D eigenvalue weighted by Gasteiger charge is -2.38. The number of carbonyl (C=O) groups is 1. The number of likely N-dealkylation sites (tertiary alicyclic amines) is 1. The van der Waals surface area contributed by atoms with Crippen molar-refractivity contribution in [1.82, 2.24) is 4.90 Å². The molecular formula is C18H35NO3Si. The Labute approximate surface area is 143 Å². The third kappa shape index (κ3) is 4.80. The predicted octanol–water partition coefficient (Wildman–Crippen LogP) is 3.96. The van der Waals surface area contributed by atoms with Crippen molar-refractivity contribution >= 4 is 14.3 Å². The predicted molar refractivity (Wildman–Crippen MR) is 96.1 cm³/mol. The molecule has 1 saturated carbocycles. The fraction of sp³-hybridized carbons (Fsp3) is 0.944. The summed E-state index contributed by atoms with van der Waals surface area (Å²) in [6.45, 7) is 12.2. The Morgan fingerprint density at radius 3 is 2.26 bits per heavy atom. The van der Waals surface area contributed by atoms with E-state index < -0.39 is 8.32 Å². The topological polar surface area (TPSA) is 38.8 Å². The molecule has 0 spiro atoms. The highest BCUT2D eigenvalue weighted by Gasteiger charge is 2.43. The van der Waals surface area contributed by atoms with Crippen LogP contribution in [0.1, 0.15) is 59.3 Å². The number of hydrogen-bond acceptors (Lipinski definition) is 4. The van der Waals surface area contributed by atoms with Gasteiger partial charge in [-0.15, -0.1) is 0 Å². The average Bonchev–Trinajstić information content (AvgIpc) is 2.78. The van der Waals surface area contributed by atoms with Crippen LogP contribution in [0.25, 0.3) is 0 Å². The van der Waals surface area contributed by atoms with Crippen molar-refractivity contribution in [1.29, 1.82) is 0 Å². The van der Waals surface area contributed by atoms with Crippen LogP contribution in [-0.4, -0.2) is 51.0 Å². The molecule has 0 unspecified atom stereocenters. The summed E-state index contributed by atoms with van der Waals surface area (Å²) in [7, 11) is 0.231. The third-order valence-electron chi connectivity index (χ3n) is 5.88. The smallest absolute Gasteiger partial charge is 0.323 e. The molecule has 1 aliphatic heterocycles. The van der Waals surface area contributed by atoms with Crippen molar-refractivity contribution in [2.75, 3.05) is 13.6 Å². The molecule has 2 fully saturated rings. The van der Waals surface area contributed by atoms with E-state index in [1.165, 1.54) is 19.3 Å². The molecule has 23 heavy (non-hydrogen) atoms. The second-order valence-corrected chi connectivity index (χ2v) is 13.6. The number of rotatable bonds is 4. The maximum absolute atomic E-state index is 12.5. The average molecular weight is 342 g/mol. The molecule has 1 aliphatic carbocycles. The highest BCUT2D eigenvalue weighted by molar-refractivity contribution is 6.74. The van der Waals surface area contributed by atoms with E-state index >= 15 is 0 Å². The van der Waals surface area contributed by atoms with Crippen LogP contribution >= 0.6 is 0 Å². The Morgan fingerprint density at radius 1 is 1.09 bits per heavy atom. The first-order valence-electron chi connectivity index (χ1n) is 9.19. The molecule has 5 heteroatoms. The second kappa shape index (κ2) is 7.24. The molecular weight excluding hydrogens is 306 g/mol. The molecule has 2 aliphatic rings. The number of nitrogens with zero attached hydrogens (tertiary/aromatic N) is 1. The summed E-state index contributed by atoms with van der Waals surface area (Å²) in [6, 6.07) is -0.133. The van der Waals surface area contributed by atoms with Gasteiger partial charge in [0.1, 0.15) is 12.1 Å². The number of carbonyl (C=O) groups excluding carboxylic acids is 1. The second-order valence-electron chi connectivity index (χ2n) is 8.89. The van der Waals surface area contributed by atoms with E-state index in [-0.39, 0.29) is 29.3 Å². The van der Waals surface area contributed by atoms with E-state index in [4.69, 9.17) is 9.16 Å². The summed E-state index contributed by atoms with van der Waals surface area (Å²) >= 11 is 0. The number of likely N-dealkylation sites (N-methyl/N-ethyl adjacent to an activating group) is 1. The Hall–Kier alpha value is -0.393. The largest absolute Gasteiger partial charge is 0.461 e. The zero-order valence-corrected chi connectivity index (χ0v) is 16.9. The molecule has 2 rings (SSSR count). The van der Waals surface area contributed by atoms with Crippen molar-refractivity contribution in [3.63, 3.8) is 0 Å². The van der Waals surface area contributed by atoms with Gasteiger partial charge in [-0.3, -0.25) is 9.69 Å². The van der Waals surface area contributed by atoms with Crippen molar-refractivity contribution in [3.8, 4) is 0 Å². The summed E-state index contributed by atoms with van der Waals surface area (Å²) < 4.78 is 12.3. The normalized spacial score (nSPS) is 28.1. The van der Waals surface area contributed by atoms with Crippen LogP contribution in [0.4, 0.5) is 0 Å². The van der Waals surface area contributed by atoms with Crippen LogP contribution in [0.2, 0.25) is 18.1 Å². The standard InChI is InChI=1S/C18H35NO3Si/c1-18(2,3)23(5,6)22-15-12-16(19(4)13-15)17(20)21-14-10-8-7-9-11-14/h14-16H,7-13H2,1-6H3/t15-,16+/m1/s1. The first-order chi connectivity index (χ1) is 10.6. The first-order valence-corrected chi connectivity index (χ1v) is 12.1. The third-order valence-corrected chi connectivity index (χ3v) is 10.4. The van der Waals surface area contributed by atoms with Gasteiger partial charge in [-0.1, -0.05) is 27.2 Å². The molecule has 0 radical (unpaired) electrons. The number of esters is 1. The monoisotopic (exact) mass is 341 g/mol. The Bertz CT molecular complexity index is 413. The fourth-order valence-electron chi connectivity index (χ4n) is 3.33. The van der Waals surface area contributed by atoms with Crippen molar-refractivity contribution < 1.29 is 14.0 Å². The summed E-state index contributed by atoms with van der Waals surface area (Å²) in [5.41, 5.74) is 0. The molecule has 0 aromatic carbocycles. The molecule has 0 bridgehead atoms.